The van der Waals surface area contributed by atoms with E-state index in [1.165, 1.54) is 11.1 Å². The van der Waals surface area contributed by atoms with Crippen molar-refractivity contribution in [1.29, 1.82) is 5.41 Å². The van der Waals surface area contributed by atoms with E-state index < -0.39 is 0 Å². The van der Waals surface area contributed by atoms with Gasteiger partial charge in [-0.15, -0.1) is 0 Å². The van der Waals surface area contributed by atoms with Gasteiger partial charge < -0.3 is 5.73 Å². The minimum Gasteiger partial charge on any atom is -0.388 e. The Morgan fingerprint density at radius 1 is 1.28 bits per heavy atom. The van der Waals surface area contributed by atoms with E-state index >= 15 is 0 Å². The van der Waals surface area contributed by atoms with E-state index in [1.807, 2.05) is 0 Å². The summed E-state index contributed by atoms with van der Waals surface area (Å²) in [4.78, 5) is 2.31. The molecular weight excluding hydrogens is 222 g/mol. The molecule has 0 aromatic heterocycles. The molecule has 100 valence electrons. The SMILES string of the molecule is CCN(CCC(=N)N)Cc1ccc(C(C)C)cc1. The molecule has 1 rings (SSSR count). The van der Waals surface area contributed by atoms with Gasteiger partial charge in [-0.1, -0.05) is 45.0 Å². The first-order valence-corrected chi connectivity index (χ1v) is 6.67. The van der Waals surface area contributed by atoms with Crippen molar-refractivity contribution in [3.8, 4) is 0 Å². The number of nitrogens with two attached hydrogens (primary N) is 1. The lowest BCUT2D eigenvalue weighted by Crippen LogP contribution is -2.27. The molecule has 1 aromatic carbocycles. The van der Waals surface area contributed by atoms with Crippen LogP contribution in [0, 0.1) is 5.41 Å². The molecule has 3 heteroatoms. The van der Waals surface area contributed by atoms with Gasteiger partial charge in [0.25, 0.3) is 0 Å². The molecule has 0 spiro atoms. The van der Waals surface area contributed by atoms with Crippen molar-refractivity contribution in [3.05, 3.63) is 35.4 Å². The molecular formula is C15H25N3. The molecule has 0 atom stereocenters. The Bertz CT molecular complexity index is 368. The van der Waals surface area contributed by atoms with Crippen LogP contribution in [0.25, 0.3) is 0 Å². The van der Waals surface area contributed by atoms with Gasteiger partial charge in [0.2, 0.25) is 0 Å². The van der Waals surface area contributed by atoms with E-state index in [4.69, 9.17) is 11.1 Å². The van der Waals surface area contributed by atoms with Gasteiger partial charge >= 0.3 is 0 Å². The number of hydrogen-bond donors (Lipinski definition) is 2. The summed E-state index contributed by atoms with van der Waals surface area (Å²) in [5.74, 6) is 0.850. The highest BCUT2D eigenvalue weighted by atomic mass is 15.1. The molecule has 0 amide bonds. The quantitative estimate of drug-likeness (QED) is 0.575. The summed E-state index contributed by atoms with van der Waals surface area (Å²) < 4.78 is 0. The summed E-state index contributed by atoms with van der Waals surface area (Å²) >= 11 is 0. The lowest BCUT2D eigenvalue weighted by molar-refractivity contribution is 0.288. The van der Waals surface area contributed by atoms with E-state index in [2.05, 4.69) is 49.9 Å². The molecule has 0 fully saturated rings. The predicted octanol–water partition coefficient (Wildman–Crippen LogP) is 2.96. The van der Waals surface area contributed by atoms with Crippen LogP contribution in [-0.2, 0) is 6.54 Å². The highest BCUT2D eigenvalue weighted by Gasteiger charge is 2.05. The molecule has 0 bridgehead atoms. The zero-order chi connectivity index (χ0) is 13.5. The molecule has 0 unspecified atom stereocenters. The van der Waals surface area contributed by atoms with Crippen LogP contribution in [0.4, 0.5) is 0 Å². The predicted molar refractivity (Wildman–Crippen MR) is 78.0 cm³/mol. The van der Waals surface area contributed by atoms with Crippen LogP contribution >= 0.6 is 0 Å². The third kappa shape index (κ3) is 4.88. The Kier molecular flexibility index (Phi) is 5.86. The van der Waals surface area contributed by atoms with Gasteiger partial charge in [-0.25, -0.2) is 0 Å². The van der Waals surface area contributed by atoms with Crippen LogP contribution in [0.15, 0.2) is 24.3 Å². The Morgan fingerprint density at radius 2 is 1.89 bits per heavy atom. The first-order chi connectivity index (χ1) is 8.52. The van der Waals surface area contributed by atoms with Gasteiger partial charge in [0.15, 0.2) is 0 Å². The summed E-state index contributed by atoms with van der Waals surface area (Å²) in [7, 11) is 0. The standard InChI is InChI=1S/C15H25N3/c1-4-18(10-9-15(16)17)11-13-5-7-14(8-6-13)12(2)3/h5-8,12H,4,9-11H2,1-3H3,(H3,16,17). The maximum absolute atomic E-state index is 7.27. The zero-order valence-electron chi connectivity index (χ0n) is 11.7. The van der Waals surface area contributed by atoms with Gasteiger partial charge in [-0.2, -0.15) is 0 Å². The third-order valence-electron chi connectivity index (χ3n) is 3.20. The molecule has 3 nitrogen and oxygen atoms in total. The summed E-state index contributed by atoms with van der Waals surface area (Å²) in [5.41, 5.74) is 8.10. The van der Waals surface area contributed by atoms with E-state index in [0.29, 0.717) is 12.3 Å². The lowest BCUT2D eigenvalue weighted by Gasteiger charge is -2.20. The summed E-state index contributed by atoms with van der Waals surface area (Å²) in [5, 5.41) is 7.27. The Hall–Kier alpha value is -1.35. The van der Waals surface area contributed by atoms with Gasteiger partial charge in [-0.3, -0.25) is 10.3 Å². The number of benzene rings is 1. The Balaban J connectivity index is 2.56. The monoisotopic (exact) mass is 247 g/mol. The van der Waals surface area contributed by atoms with Gasteiger partial charge in [0.05, 0.1) is 5.84 Å². The summed E-state index contributed by atoms with van der Waals surface area (Å²) in [6, 6.07) is 8.81. The largest absolute Gasteiger partial charge is 0.388 e. The van der Waals surface area contributed by atoms with Crippen LogP contribution < -0.4 is 5.73 Å². The highest BCUT2D eigenvalue weighted by Crippen LogP contribution is 2.15. The van der Waals surface area contributed by atoms with Gasteiger partial charge in [-0.05, 0) is 23.6 Å². The number of hydrogen-bond acceptors (Lipinski definition) is 2. The van der Waals surface area contributed by atoms with Crippen molar-refractivity contribution in [1.82, 2.24) is 4.90 Å². The molecule has 18 heavy (non-hydrogen) atoms. The van der Waals surface area contributed by atoms with Crippen LogP contribution in [0.3, 0.4) is 0 Å². The fourth-order valence-corrected chi connectivity index (χ4v) is 1.89. The zero-order valence-corrected chi connectivity index (χ0v) is 11.7. The van der Waals surface area contributed by atoms with Crippen LogP contribution in [0.1, 0.15) is 44.2 Å². The van der Waals surface area contributed by atoms with E-state index in [9.17, 15) is 0 Å². The van der Waals surface area contributed by atoms with E-state index in [-0.39, 0.29) is 5.84 Å². The maximum Gasteiger partial charge on any atom is 0.0918 e. The normalized spacial score (nSPS) is 11.2. The van der Waals surface area contributed by atoms with Crippen molar-refractivity contribution in [3.63, 3.8) is 0 Å². The lowest BCUT2D eigenvalue weighted by atomic mass is 10.0. The topological polar surface area (TPSA) is 53.1 Å². The van der Waals surface area contributed by atoms with Crippen LogP contribution in [0.5, 0.6) is 0 Å². The number of amidine groups is 1. The smallest absolute Gasteiger partial charge is 0.0918 e. The number of rotatable bonds is 7. The van der Waals surface area contributed by atoms with Crippen LogP contribution in [-0.4, -0.2) is 23.8 Å². The molecule has 0 heterocycles. The second-order valence-corrected chi connectivity index (χ2v) is 5.04. The molecule has 0 aliphatic heterocycles. The molecule has 0 saturated carbocycles. The van der Waals surface area contributed by atoms with Gasteiger partial charge in [0.1, 0.15) is 0 Å². The molecule has 0 aliphatic rings. The van der Waals surface area contributed by atoms with Crippen molar-refractivity contribution >= 4 is 5.84 Å². The number of nitrogens with zero attached hydrogens (tertiary/aromatic N) is 1. The van der Waals surface area contributed by atoms with Crippen molar-refractivity contribution in [2.45, 2.75) is 39.7 Å². The number of nitrogens with one attached hydrogen (secondary N) is 1. The summed E-state index contributed by atoms with van der Waals surface area (Å²) in [6.07, 6.45) is 0.651. The first-order valence-electron chi connectivity index (χ1n) is 6.67. The Morgan fingerprint density at radius 3 is 2.33 bits per heavy atom. The molecule has 1 aromatic rings. The first kappa shape index (κ1) is 14.7. The van der Waals surface area contributed by atoms with Crippen LogP contribution in [0.2, 0.25) is 0 Å². The average Bonchev–Trinajstić information content (AvgIpc) is 2.34. The van der Waals surface area contributed by atoms with Crippen molar-refractivity contribution in [2.24, 2.45) is 5.73 Å². The minimum atomic E-state index is 0.267. The van der Waals surface area contributed by atoms with Crippen molar-refractivity contribution in [2.75, 3.05) is 13.1 Å². The van der Waals surface area contributed by atoms with Gasteiger partial charge in [0, 0.05) is 19.5 Å². The Labute approximate surface area is 111 Å². The van der Waals surface area contributed by atoms with E-state index in [1.54, 1.807) is 0 Å². The summed E-state index contributed by atoms with van der Waals surface area (Å²) in [6.45, 7) is 9.34. The molecule has 3 N–H and O–H groups in total. The molecule has 0 radical (unpaired) electrons. The fraction of sp³-hybridized carbons (Fsp3) is 0.533. The second-order valence-electron chi connectivity index (χ2n) is 5.04. The fourth-order valence-electron chi connectivity index (χ4n) is 1.89. The van der Waals surface area contributed by atoms with E-state index in [0.717, 1.165) is 19.6 Å². The second kappa shape index (κ2) is 7.17. The maximum atomic E-state index is 7.27. The highest BCUT2D eigenvalue weighted by molar-refractivity contribution is 5.76. The third-order valence-corrected chi connectivity index (χ3v) is 3.20. The average molecular weight is 247 g/mol. The minimum absolute atomic E-state index is 0.267. The molecule has 0 aliphatic carbocycles. The molecule has 0 saturated heterocycles. The van der Waals surface area contributed by atoms with Crippen molar-refractivity contribution < 1.29 is 0 Å².